The lowest BCUT2D eigenvalue weighted by Gasteiger charge is -2.38. The van der Waals surface area contributed by atoms with E-state index in [4.69, 9.17) is 4.74 Å². The highest BCUT2D eigenvalue weighted by atomic mass is 16.5. The van der Waals surface area contributed by atoms with Crippen LogP contribution in [0.3, 0.4) is 0 Å². The lowest BCUT2D eigenvalue weighted by atomic mass is 10.0. The van der Waals surface area contributed by atoms with Crippen molar-refractivity contribution in [3.05, 3.63) is 59.8 Å². The topological polar surface area (TPSA) is 71.5 Å². The average Bonchev–Trinajstić information content (AvgIpc) is 2.66. The summed E-state index contributed by atoms with van der Waals surface area (Å²) in [5.41, 5.74) is 1.87. The van der Waals surface area contributed by atoms with Gasteiger partial charge in [-0.05, 0) is 41.8 Å². The zero-order valence-electron chi connectivity index (χ0n) is 14.9. The van der Waals surface area contributed by atoms with Gasteiger partial charge < -0.3 is 15.0 Å². The molecular weight excluding hydrogens is 342 g/mol. The number of fused-ring (bicyclic) bond motifs is 1. The fraction of sp³-hybridized carbons (Fsp3) is 0.286. The van der Waals surface area contributed by atoms with Crippen LogP contribution in [-0.2, 0) is 16.0 Å². The number of hydrogen-bond acceptors (Lipinski definition) is 4. The number of nitrogens with one attached hydrogen (secondary N) is 1. The van der Waals surface area contributed by atoms with Gasteiger partial charge in [-0.1, -0.05) is 18.2 Å². The Morgan fingerprint density at radius 1 is 1.26 bits per heavy atom. The predicted octanol–water partition coefficient (Wildman–Crippen LogP) is 2.52. The highest BCUT2D eigenvalue weighted by Gasteiger charge is 2.29. The van der Waals surface area contributed by atoms with Gasteiger partial charge in [0.25, 0.3) is 0 Å². The van der Waals surface area contributed by atoms with Gasteiger partial charge in [0.2, 0.25) is 11.8 Å². The van der Waals surface area contributed by atoms with Crippen molar-refractivity contribution in [2.75, 3.05) is 25.0 Å². The number of likely N-dealkylation sites (tertiary alicyclic amines) is 1. The van der Waals surface area contributed by atoms with E-state index >= 15 is 0 Å². The Morgan fingerprint density at radius 3 is 2.89 bits per heavy atom. The fourth-order valence-electron chi connectivity index (χ4n) is 3.22. The van der Waals surface area contributed by atoms with E-state index in [-0.39, 0.29) is 11.8 Å². The van der Waals surface area contributed by atoms with E-state index in [9.17, 15) is 9.59 Å². The standard InChI is InChI=1S/C21H21N3O3/c25-19-8-7-17-10-15(11-22-21(17)23-19)6-9-20(26)24-12-16(13-24)14-27-18-4-2-1-3-5-18/h1-6,9-11,16H,7-8,12-14H2,(H,22,23,25)/b9-6+. The number of hydrogen-bond donors (Lipinski definition) is 1. The summed E-state index contributed by atoms with van der Waals surface area (Å²) in [4.78, 5) is 29.7. The number of ether oxygens (including phenoxy) is 1. The minimum Gasteiger partial charge on any atom is -0.493 e. The van der Waals surface area contributed by atoms with E-state index < -0.39 is 0 Å². The maximum Gasteiger partial charge on any atom is 0.246 e. The van der Waals surface area contributed by atoms with Crippen LogP contribution in [0.5, 0.6) is 5.75 Å². The van der Waals surface area contributed by atoms with Crippen molar-refractivity contribution in [3.63, 3.8) is 0 Å². The van der Waals surface area contributed by atoms with Crippen LogP contribution in [0.2, 0.25) is 0 Å². The molecule has 0 atom stereocenters. The van der Waals surface area contributed by atoms with E-state index in [2.05, 4.69) is 10.3 Å². The van der Waals surface area contributed by atoms with E-state index in [0.29, 0.717) is 44.3 Å². The summed E-state index contributed by atoms with van der Waals surface area (Å²) in [5, 5.41) is 2.76. The predicted molar refractivity (Wildman–Crippen MR) is 102 cm³/mol. The molecule has 4 rings (SSSR count). The Kier molecular flexibility index (Phi) is 4.87. The number of anilines is 1. The third-order valence-electron chi connectivity index (χ3n) is 4.78. The number of nitrogens with zero attached hydrogens (tertiary/aromatic N) is 2. The smallest absolute Gasteiger partial charge is 0.246 e. The third kappa shape index (κ3) is 4.16. The summed E-state index contributed by atoms with van der Waals surface area (Å²) < 4.78 is 5.73. The zero-order chi connectivity index (χ0) is 18.6. The Morgan fingerprint density at radius 2 is 2.07 bits per heavy atom. The third-order valence-corrected chi connectivity index (χ3v) is 4.78. The summed E-state index contributed by atoms with van der Waals surface area (Å²) in [5.74, 6) is 1.85. The molecule has 2 aliphatic heterocycles. The van der Waals surface area contributed by atoms with Gasteiger partial charge >= 0.3 is 0 Å². The van der Waals surface area contributed by atoms with Crippen molar-refractivity contribution in [1.29, 1.82) is 0 Å². The first-order valence-corrected chi connectivity index (χ1v) is 9.11. The number of carbonyl (C=O) groups excluding carboxylic acids is 2. The normalized spacial score (nSPS) is 16.6. The molecule has 0 radical (unpaired) electrons. The maximum absolute atomic E-state index is 12.3. The molecule has 0 bridgehead atoms. The number of para-hydroxylation sites is 1. The molecule has 138 valence electrons. The summed E-state index contributed by atoms with van der Waals surface area (Å²) in [6.45, 7) is 2.05. The number of benzene rings is 1. The van der Waals surface area contributed by atoms with Gasteiger partial charge in [0.1, 0.15) is 11.6 Å². The minimum absolute atomic E-state index is 0.00273. The molecule has 0 spiro atoms. The molecule has 2 amide bonds. The number of amides is 2. The van der Waals surface area contributed by atoms with Gasteiger partial charge in [0.05, 0.1) is 6.61 Å². The van der Waals surface area contributed by atoms with Crippen LogP contribution in [0.25, 0.3) is 6.08 Å². The highest BCUT2D eigenvalue weighted by Crippen LogP contribution is 2.22. The maximum atomic E-state index is 12.3. The second-order valence-electron chi connectivity index (χ2n) is 6.89. The number of aryl methyl sites for hydroxylation is 1. The van der Waals surface area contributed by atoms with Crippen molar-refractivity contribution < 1.29 is 14.3 Å². The molecule has 3 heterocycles. The lowest BCUT2D eigenvalue weighted by molar-refractivity contribution is -0.132. The Labute approximate surface area is 157 Å². The van der Waals surface area contributed by atoms with Crippen LogP contribution in [-0.4, -0.2) is 41.4 Å². The first-order chi connectivity index (χ1) is 13.2. The second kappa shape index (κ2) is 7.61. The van der Waals surface area contributed by atoms with Crippen LogP contribution in [0.1, 0.15) is 17.5 Å². The van der Waals surface area contributed by atoms with Crippen LogP contribution in [0.4, 0.5) is 5.82 Å². The molecule has 1 fully saturated rings. The van der Waals surface area contributed by atoms with Gasteiger partial charge in [0.15, 0.2) is 0 Å². The van der Waals surface area contributed by atoms with Crippen molar-refractivity contribution in [1.82, 2.24) is 9.88 Å². The minimum atomic E-state index is -0.00279. The van der Waals surface area contributed by atoms with Crippen molar-refractivity contribution in [3.8, 4) is 5.75 Å². The molecule has 1 N–H and O–H groups in total. The average molecular weight is 363 g/mol. The van der Waals surface area contributed by atoms with E-state index in [1.54, 1.807) is 18.3 Å². The van der Waals surface area contributed by atoms with Crippen molar-refractivity contribution in [2.45, 2.75) is 12.8 Å². The van der Waals surface area contributed by atoms with Gasteiger partial charge in [-0.15, -0.1) is 0 Å². The van der Waals surface area contributed by atoms with Crippen LogP contribution >= 0.6 is 0 Å². The molecule has 27 heavy (non-hydrogen) atoms. The van der Waals surface area contributed by atoms with E-state index in [1.807, 2.05) is 41.3 Å². The monoisotopic (exact) mass is 363 g/mol. The molecule has 1 aromatic heterocycles. The van der Waals surface area contributed by atoms with Crippen LogP contribution in [0.15, 0.2) is 48.7 Å². The molecule has 2 aliphatic rings. The van der Waals surface area contributed by atoms with E-state index in [1.165, 1.54) is 0 Å². The molecule has 0 saturated carbocycles. The largest absolute Gasteiger partial charge is 0.493 e. The quantitative estimate of drug-likeness (QED) is 0.829. The molecular formula is C21H21N3O3. The molecule has 6 heteroatoms. The van der Waals surface area contributed by atoms with Crippen molar-refractivity contribution in [2.24, 2.45) is 5.92 Å². The molecule has 6 nitrogen and oxygen atoms in total. The fourth-order valence-corrected chi connectivity index (χ4v) is 3.22. The number of aromatic nitrogens is 1. The first kappa shape index (κ1) is 17.3. The summed E-state index contributed by atoms with van der Waals surface area (Å²) in [7, 11) is 0. The van der Waals surface area contributed by atoms with Gasteiger partial charge in [-0.3, -0.25) is 9.59 Å². The number of carbonyl (C=O) groups is 2. The van der Waals surface area contributed by atoms with Gasteiger partial charge in [-0.2, -0.15) is 0 Å². The van der Waals surface area contributed by atoms with Gasteiger partial charge in [-0.25, -0.2) is 4.98 Å². The molecule has 1 aromatic carbocycles. The summed E-state index contributed by atoms with van der Waals surface area (Å²) in [6.07, 6.45) is 6.18. The lowest BCUT2D eigenvalue weighted by Crippen LogP contribution is -2.51. The van der Waals surface area contributed by atoms with E-state index in [0.717, 1.165) is 16.9 Å². The number of pyridine rings is 1. The first-order valence-electron chi connectivity index (χ1n) is 9.11. The SMILES string of the molecule is O=C1CCc2cc(/C=C/C(=O)N3CC(COc4ccccc4)C3)cnc2N1. The van der Waals surface area contributed by atoms with Crippen molar-refractivity contribution >= 4 is 23.7 Å². The zero-order valence-corrected chi connectivity index (χ0v) is 14.9. The molecule has 0 unspecified atom stereocenters. The van der Waals surface area contributed by atoms with Crippen LogP contribution < -0.4 is 10.1 Å². The highest BCUT2D eigenvalue weighted by molar-refractivity contribution is 5.94. The second-order valence-corrected chi connectivity index (χ2v) is 6.89. The summed E-state index contributed by atoms with van der Waals surface area (Å²) >= 11 is 0. The van der Waals surface area contributed by atoms with Crippen LogP contribution in [0, 0.1) is 5.92 Å². The Hall–Kier alpha value is -3.15. The molecule has 1 saturated heterocycles. The molecule has 0 aliphatic carbocycles. The summed E-state index contributed by atoms with van der Waals surface area (Å²) in [6, 6.07) is 11.7. The van der Waals surface area contributed by atoms with Gasteiger partial charge in [0, 0.05) is 37.7 Å². The Bertz CT molecular complexity index is 873. The molecule has 2 aromatic rings. The number of rotatable bonds is 5. The Balaban J connectivity index is 1.26.